The summed E-state index contributed by atoms with van der Waals surface area (Å²) >= 11 is 0. The van der Waals surface area contributed by atoms with Gasteiger partial charge in [-0.05, 0) is 12.7 Å². The third-order valence-corrected chi connectivity index (χ3v) is 1.39. The highest BCUT2D eigenvalue weighted by Gasteiger charge is 2.01. The maximum atomic E-state index is 10.5. The van der Waals surface area contributed by atoms with E-state index < -0.39 is 31.7 Å². The van der Waals surface area contributed by atoms with E-state index in [9.17, 15) is 24.3 Å². The highest BCUT2D eigenvalue weighted by Crippen LogP contribution is 2.24. The Morgan fingerprint density at radius 2 is 2.00 bits per heavy atom. The summed E-state index contributed by atoms with van der Waals surface area (Å²) in [7, 11) is -5.23. The number of phosphoric acid groups is 1. The lowest BCUT2D eigenvalue weighted by Gasteiger charge is -2.28. The van der Waals surface area contributed by atoms with Crippen LogP contribution in [0.1, 0.15) is 6.92 Å². The van der Waals surface area contributed by atoms with Crippen LogP contribution in [0.4, 0.5) is 0 Å². The van der Waals surface area contributed by atoms with Crippen molar-refractivity contribution in [1.82, 2.24) is 0 Å². The zero-order chi connectivity index (χ0) is 10.6. The summed E-state index contributed by atoms with van der Waals surface area (Å²) in [5, 5.41) is 19.2. The van der Waals surface area contributed by atoms with Gasteiger partial charge >= 0.3 is 0 Å². The first-order valence-electron chi connectivity index (χ1n) is 3.00. The van der Waals surface area contributed by atoms with Crippen molar-refractivity contribution < 1.29 is 33.9 Å². The molecule has 76 valence electrons. The number of hydrogen-bond donors (Lipinski definition) is 1. The van der Waals surface area contributed by atoms with E-state index >= 15 is 0 Å². The number of carbonyl (C=O) groups is 1. The minimum atomic E-state index is -5.23. The van der Waals surface area contributed by atoms with Gasteiger partial charge in [0, 0.05) is 0 Å². The Morgan fingerprint density at radius 1 is 1.54 bits per heavy atom. The van der Waals surface area contributed by atoms with Crippen LogP contribution >= 0.6 is 7.82 Å². The second kappa shape index (κ2) is 4.38. The fourth-order valence-corrected chi connectivity index (χ4v) is 0.689. The maximum Gasteiger partial charge on any atom is 0.148 e. The summed E-state index contributed by atoms with van der Waals surface area (Å²) in [6.07, 6.45) is 0. The Balaban J connectivity index is 4.31. The van der Waals surface area contributed by atoms with E-state index in [0.717, 1.165) is 6.92 Å². The van der Waals surface area contributed by atoms with Gasteiger partial charge in [-0.2, -0.15) is 0 Å². The van der Waals surface area contributed by atoms with Crippen LogP contribution in [0.15, 0.2) is 11.5 Å². The summed E-state index contributed by atoms with van der Waals surface area (Å²) in [4.78, 5) is 30.0. The number of allylic oxidation sites excluding steroid dienone is 1. The molecular formula is C5H6O7P-3. The van der Waals surface area contributed by atoms with Gasteiger partial charge in [-0.25, -0.2) is 0 Å². The van der Waals surface area contributed by atoms with Crippen LogP contribution in [0, 0.1) is 0 Å². The first kappa shape index (κ1) is 12.1. The number of ketones is 1. The number of carbonyl (C=O) groups excluding carboxylic acids is 1. The van der Waals surface area contributed by atoms with Gasteiger partial charge in [0.1, 0.15) is 18.1 Å². The van der Waals surface area contributed by atoms with Crippen molar-refractivity contribution in [2.24, 2.45) is 0 Å². The van der Waals surface area contributed by atoms with Crippen LogP contribution in [0.3, 0.4) is 0 Å². The lowest BCUT2D eigenvalue weighted by molar-refractivity contribution is -0.341. The van der Waals surface area contributed by atoms with Crippen molar-refractivity contribution in [2.75, 3.05) is 6.61 Å². The quantitative estimate of drug-likeness (QED) is 0.308. The van der Waals surface area contributed by atoms with Crippen LogP contribution in [0.5, 0.6) is 0 Å². The predicted molar refractivity (Wildman–Crippen MR) is 33.9 cm³/mol. The number of aliphatic hydroxyl groups excluding tert-OH is 1. The van der Waals surface area contributed by atoms with Gasteiger partial charge in [-0.1, -0.05) is 0 Å². The van der Waals surface area contributed by atoms with E-state index in [1.807, 2.05) is 0 Å². The van der Waals surface area contributed by atoms with Crippen LogP contribution in [0.2, 0.25) is 0 Å². The minimum Gasteiger partial charge on any atom is -0.868 e. The van der Waals surface area contributed by atoms with Crippen molar-refractivity contribution in [2.45, 2.75) is 6.92 Å². The molecule has 0 bridgehead atoms. The molecule has 0 aliphatic carbocycles. The van der Waals surface area contributed by atoms with E-state index in [4.69, 9.17) is 5.11 Å². The highest BCUT2D eigenvalue weighted by atomic mass is 31.2. The van der Waals surface area contributed by atoms with Crippen LogP contribution < -0.4 is 14.9 Å². The molecule has 7 nitrogen and oxygen atoms in total. The summed E-state index contributed by atoms with van der Waals surface area (Å²) < 4.78 is 13.4. The Kier molecular flexibility index (Phi) is 4.09. The molecule has 0 aromatic heterocycles. The normalized spacial score (nSPS) is 13.8. The first-order chi connectivity index (χ1) is 5.74. The number of Topliss-reactive ketones (excluding diaryl/α,β-unsaturated/α-hetero) is 1. The van der Waals surface area contributed by atoms with Crippen molar-refractivity contribution in [3.05, 3.63) is 11.5 Å². The summed E-state index contributed by atoms with van der Waals surface area (Å²) in [6, 6.07) is 0. The molecule has 0 fully saturated rings. The fourth-order valence-electron chi connectivity index (χ4n) is 0.409. The van der Waals surface area contributed by atoms with Crippen LogP contribution in [-0.4, -0.2) is 17.5 Å². The second-order valence-electron chi connectivity index (χ2n) is 2.05. The molecule has 0 aromatic carbocycles. The molecule has 1 N–H and O–H groups in total. The Bertz CT molecular complexity index is 275. The van der Waals surface area contributed by atoms with Gasteiger partial charge in [-0.15, -0.1) is 0 Å². The van der Waals surface area contributed by atoms with E-state index in [0.29, 0.717) is 0 Å². The largest absolute Gasteiger partial charge is 0.868 e. The van der Waals surface area contributed by atoms with Gasteiger partial charge < -0.3 is 29.1 Å². The smallest absolute Gasteiger partial charge is 0.148 e. The zero-order valence-corrected chi connectivity index (χ0v) is 7.45. The molecule has 0 spiro atoms. The van der Waals surface area contributed by atoms with Crippen molar-refractivity contribution in [3.63, 3.8) is 0 Å². The average molecular weight is 209 g/mol. The number of phosphoric ester groups is 1. The van der Waals surface area contributed by atoms with Crippen LogP contribution in [0.25, 0.3) is 0 Å². The Labute approximate surface area is 73.5 Å². The molecule has 0 aliphatic heterocycles. The SMILES string of the molecule is CC(=O)/C([O-])=C(\O)COP(=O)([O-])[O-]. The van der Waals surface area contributed by atoms with Gasteiger partial charge in [0.05, 0.1) is 7.82 Å². The van der Waals surface area contributed by atoms with Crippen molar-refractivity contribution in [1.29, 1.82) is 0 Å². The Hall–Kier alpha value is -0.880. The molecule has 13 heavy (non-hydrogen) atoms. The van der Waals surface area contributed by atoms with Crippen molar-refractivity contribution in [3.8, 4) is 0 Å². The predicted octanol–water partition coefficient (Wildman–Crippen LogP) is -2.45. The lowest BCUT2D eigenvalue weighted by Crippen LogP contribution is -2.21. The number of hydrogen-bond acceptors (Lipinski definition) is 7. The van der Waals surface area contributed by atoms with E-state index in [-0.39, 0.29) is 0 Å². The summed E-state index contributed by atoms with van der Waals surface area (Å²) in [5.74, 6) is -3.37. The minimum absolute atomic E-state index is 0.881. The van der Waals surface area contributed by atoms with Gasteiger partial charge in [-0.3, -0.25) is 4.79 Å². The molecular weight excluding hydrogens is 203 g/mol. The molecule has 0 saturated heterocycles. The maximum absolute atomic E-state index is 10.5. The summed E-state index contributed by atoms with van der Waals surface area (Å²) in [6.45, 7) is -0.227. The van der Waals surface area contributed by atoms with E-state index in [1.165, 1.54) is 0 Å². The standard InChI is InChI=1S/C5H9O7P/c1-3(6)5(8)4(7)2-12-13(9,10)11/h7-8H,2H2,1H3,(H2,9,10,11)/p-3/b5-4+. The van der Waals surface area contributed by atoms with E-state index in [2.05, 4.69) is 4.52 Å². The van der Waals surface area contributed by atoms with E-state index in [1.54, 1.807) is 0 Å². The fraction of sp³-hybridized carbons (Fsp3) is 0.400. The molecule has 0 unspecified atom stereocenters. The molecule has 0 heterocycles. The molecule has 0 radical (unpaired) electrons. The number of aliphatic hydroxyl groups is 1. The summed E-state index contributed by atoms with van der Waals surface area (Å²) in [5.41, 5.74) is 0. The Morgan fingerprint density at radius 3 is 2.31 bits per heavy atom. The van der Waals surface area contributed by atoms with Crippen molar-refractivity contribution >= 4 is 13.6 Å². The lowest BCUT2D eigenvalue weighted by atomic mass is 10.3. The molecule has 0 atom stereocenters. The molecule has 0 aliphatic rings. The third-order valence-electron chi connectivity index (χ3n) is 0.941. The van der Waals surface area contributed by atoms with Gasteiger partial charge in [0.25, 0.3) is 0 Å². The van der Waals surface area contributed by atoms with Gasteiger partial charge in [0.2, 0.25) is 0 Å². The zero-order valence-electron chi connectivity index (χ0n) is 6.55. The average Bonchev–Trinajstić information content (AvgIpc) is 1.97. The van der Waals surface area contributed by atoms with Crippen LogP contribution in [-0.2, 0) is 13.9 Å². The monoisotopic (exact) mass is 209 g/mol. The van der Waals surface area contributed by atoms with Gasteiger partial charge in [0.15, 0.2) is 0 Å². The molecule has 0 aromatic rings. The molecule has 0 saturated carbocycles. The highest BCUT2D eigenvalue weighted by molar-refractivity contribution is 7.43. The molecule has 0 amide bonds. The number of rotatable bonds is 4. The second-order valence-corrected chi connectivity index (χ2v) is 3.21. The third kappa shape index (κ3) is 5.37. The molecule has 0 rings (SSSR count). The topological polar surface area (TPSA) is 133 Å². The molecule has 8 heteroatoms. The first-order valence-corrected chi connectivity index (χ1v) is 4.46.